The summed E-state index contributed by atoms with van der Waals surface area (Å²) in [6.07, 6.45) is 4.14. The van der Waals surface area contributed by atoms with Gasteiger partial charge in [0, 0.05) is 18.8 Å². The van der Waals surface area contributed by atoms with Crippen LogP contribution in [0.2, 0.25) is 0 Å². The van der Waals surface area contributed by atoms with E-state index in [1.165, 1.54) is 0 Å². The fourth-order valence-corrected chi connectivity index (χ4v) is 2.41. The van der Waals surface area contributed by atoms with Gasteiger partial charge in [-0.3, -0.25) is 24.7 Å². The number of fused-ring (bicyclic) bond motifs is 1. The normalized spacial score (nSPS) is 18.6. The largest absolute Gasteiger partial charge is 0.360 e. The number of aromatic nitrogens is 2. The molecule has 2 aromatic heterocycles. The average Bonchev–Trinajstić information content (AvgIpc) is 2.91. The number of nitrogens with zero attached hydrogens (tertiary/aromatic N) is 1. The van der Waals surface area contributed by atoms with Crippen molar-refractivity contribution in [1.29, 1.82) is 0 Å². The molecule has 2 aromatic rings. The van der Waals surface area contributed by atoms with Crippen molar-refractivity contribution in [3.63, 3.8) is 0 Å². The van der Waals surface area contributed by atoms with Crippen molar-refractivity contribution in [2.45, 2.75) is 25.3 Å². The van der Waals surface area contributed by atoms with Crippen LogP contribution < -0.4 is 10.6 Å². The molecule has 1 atom stereocenters. The zero-order chi connectivity index (χ0) is 14.8. The van der Waals surface area contributed by atoms with Crippen molar-refractivity contribution >= 4 is 28.8 Å². The lowest BCUT2D eigenvalue weighted by Crippen LogP contribution is -2.52. The van der Waals surface area contributed by atoms with Gasteiger partial charge in [-0.15, -0.1) is 0 Å². The molecule has 3 heterocycles. The molecule has 1 saturated heterocycles. The van der Waals surface area contributed by atoms with Gasteiger partial charge >= 0.3 is 0 Å². The minimum atomic E-state index is -0.642. The number of carbonyl (C=O) groups is 3. The Morgan fingerprint density at radius 1 is 1.38 bits per heavy atom. The quantitative estimate of drug-likeness (QED) is 0.692. The molecular weight excluding hydrogens is 272 g/mol. The second-order valence-electron chi connectivity index (χ2n) is 4.96. The summed E-state index contributed by atoms with van der Waals surface area (Å²) in [5, 5.41) is 4.87. The van der Waals surface area contributed by atoms with Crippen molar-refractivity contribution in [1.82, 2.24) is 20.6 Å². The second-order valence-corrected chi connectivity index (χ2v) is 4.96. The van der Waals surface area contributed by atoms with Gasteiger partial charge in [-0.2, -0.15) is 0 Å². The summed E-state index contributed by atoms with van der Waals surface area (Å²) in [6.45, 7) is 0. The highest BCUT2D eigenvalue weighted by atomic mass is 16.2. The van der Waals surface area contributed by atoms with Gasteiger partial charge in [0.25, 0.3) is 0 Å². The smallest absolute Gasteiger partial charge is 0.249 e. The highest BCUT2D eigenvalue weighted by molar-refractivity contribution is 6.01. The molecule has 7 heteroatoms. The number of hydrogen-bond acceptors (Lipinski definition) is 4. The molecule has 1 aliphatic heterocycles. The Morgan fingerprint density at radius 2 is 2.24 bits per heavy atom. The summed E-state index contributed by atoms with van der Waals surface area (Å²) in [4.78, 5) is 41.9. The first-order valence-corrected chi connectivity index (χ1v) is 6.67. The van der Waals surface area contributed by atoms with E-state index in [-0.39, 0.29) is 24.7 Å². The van der Waals surface area contributed by atoms with Crippen LogP contribution in [0.4, 0.5) is 0 Å². The molecule has 3 amide bonds. The van der Waals surface area contributed by atoms with Crippen LogP contribution in [0.1, 0.15) is 18.4 Å². The first-order valence-electron chi connectivity index (χ1n) is 6.67. The second kappa shape index (κ2) is 5.35. The summed E-state index contributed by atoms with van der Waals surface area (Å²) in [7, 11) is 0. The van der Waals surface area contributed by atoms with E-state index in [1.807, 2.05) is 6.07 Å². The van der Waals surface area contributed by atoms with E-state index in [9.17, 15) is 14.4 Å². The van der Waals surface area contributed by atoms with Crippen LogP contribution in [0.15, 0.2) is 24.5 Å². The summed E-state index contributed by atoms with van der Waals surface area (Å²) >= 11 is 0. The highest BCUT2D eigenvalue weighted by Crippen LogP contribution is 2.15. The predicted molar refractivity (Wildman–Crippen MR) is 74.1 cm³/mol. The average molecular weight is 286 g/mol. The van der Waals surface area contributed by atoms with E-state index < -0.39 is 11.9 Å². The number of amides is 3. The van der Waals surface area contributed by atoms with Crippen LogP contribution in [-0.4, -0.2) is 33.7 Å². The number of aromatic amines is 1. The van der Waals surface area contributed by atoms with Crippen LogP contribution in [0.3, 0.4) is 0 Å². The molecule has 3 rings (SSSR count). The van der Waals surface area contributed by atoms with Gasteiger partial charge in [-0.05, 0) is 24.1 Å². The maximum Gasteiger partial charge on any atom is 0.249 e. The Bertz CT molecular complexity index is 722. The molecule has 0 spiro atoms. The van der Waals surface area contributed by atoms with Gasteiger partial charge in [-0.1, -0.05) is 0 Å². The number of imide groups is 1. The van der Waals surface area contributed by atoms with Crippen LogP contribution >= 0.6 is 0 Å². The minimum absolute atomic E-state index is 0.150. The van der Waals surface area contributed by atoms with Crippen LogP contribution in [0.25, 0.3) is 11.0 Å². The van der Waals surface area contributed by atoms with Crippen molar-refractivity contribution in [3.05, 3.63) is 30.1 Å². The summed E-state index contributed by atoms with van der Waals surface area (Å²) in [5.74, 6) is -1.00. The summed E-state index contributed by atoms with van der Waals surface area (Å²) < 4.78 is 0. The van der Waals surface area contributed by atoms with Crippen molar-refractivity contribution in [2.24, 2.45) is 0 Å². The van der Waals surface area contributed by atoms with Gasteiger partial charge in [0.05, 0.1) is 17.5 Å². The Morgan fingerprint density at radius 3 is 3.05 bits per heavy atom. The monoisotopic (exact) mass is 286 g/mol. The topological polar surface area (TPSA) is 104 Å². The highest BCUT2D eigenvalue weighted by Gasteiger charge is 2.27. The molecule has 1 fully saturated rings. The number of hydrogen-bond donors (Lipinski definition) is 3. The third-order valence-corrected chi connectivity index (χ3v) is 3.46. The molecule has 108 valence electrons. The Labute approximate surface area is 120 Å². The zero-order valence-corrected chi connectivity index (χ0v) is 11.2. The maximum absolute atomic E-state index is 12.1. The lowest BCUT2D eigenvalue weighted by molar-refractivity contribution is -0.137. The first kappa shape index (κ1) is 13.3. The number of nitrogens with one attached hydrogen (secondary N) is 3. The molecule has 1 unspecified atom stereocenters. The predicted octanol–water partition coefficient (Wildman–Crippen LogP) is 0.0268. The molecule has 0 radical (unpaired) electrons. The Kier molecular flexibility index (Phi) is 3.39. The molecule has 21 heavy (non-hydrogen) atoms. The Balaban J connectivity index is 1.68. The van der Waals surface area contributed by atoms with E-state index in [2.05, 4.69) is 20.6 Å². The van der Waals surface area contributed by atoms with Gasteiger partial charge in [0.2, 0.25) is 17.7 Å². The van der Waals surface area contributed by atoms with Crippen LogP contribution in [-0.2, 0) is 20.8 Å². The van der Waals surface area contributed by atoms with Gasteiger partial charge in [0.1, 0.15) is 6.04 Å². The van der Waals surface area contributed by atoms with Crippen molar-refractivity contribution in [2.75, 3.05) is 0 Å². The summed E-state index contributed by atoms with van der Waals surface area (Å²) in [6, 6.07) is 2.95. The lowest BCUT2D eigenvalue weighted by atomic mass is 10.1. The lowest BCUT2D eigenvalue weighted by Gasteiger charge is -2.21. The van der Waals surface area contributed by atoms with Gasteiger partial charge in [-0.25, -0.2) is 0 Å². The number of H-pyrrole nitrogens is 1. The summed E-state index contributed by atoms with van der Waals surface area (Å²) in [5.41, 5.74) is 2.42. The molecule has 1 aliphatic rings. The van der Waals surface area contributed by atoms with E-state index in [0.29, 0.717) is 6.42 Å². The Hall–Kier alpha value is -2.70. The zero-order valence-electron chi connectivity index (χ0n) is 11.2. The third kappa shape index (κ3) is 2.76. The maximum atomic E-state index is 12.1. The van der Waals surface area contributed by atoms with Gasteiger partial charge in [0.15, 0.2) is 0 Å². The van der Waals surface area contributed by atoms with Crippen molar-refractivity contribution in [3.8, 4) is 0 Å². The first-order chi connectivity index (χ1) is 10.1. The van der Waals surface area contributed by atoms with Crippen LogP contribution in [0.5, 0.6) is 0 Å². The van der Waals surface area contributed by atoms with Crippen LogP contribution in [0, 0.1) is 0 Å². The fourth-order valence-electron chi connectivity index (χ4n) is 2.41. The molecule has 0 saturated carbocycles. The molecular formula is C14H14N4O3. The van der Waals surface area contributed by atoms with E-state index in [0.717, 1.165) is 16.6 Å². The standard InChI is InChI=1S/C14H14N4O3/c19-11-2-1-10(14(21)18-11)17-12(20)7-8-3-5-15-9-4-6-16-13(8)9/h3-6,10,16H,1-2,7H2,(H,17,20)(H,18,19,21). The van der Waals surface area contributed by atoms with Gasteiger partial charge < -0.3 is 10.3 Å². The number of carbonyl (C=O) groups excluding carboxylic acids is 3. The third-order valence-electron chi connectivity index (χ3n) is 3.46. The number of piperidine rings is 1. The SMILES string of the molecule is O=C1CCC(NC(=O)Cc2ccnc3cc[nH]c23)C(=O)N1. The van der Waals surface area contributed by atoms with E-state index >= 15 is 0 Å². The minimum Gasteiger partial charge on any atom is -0.360 e. The fraction of sp³-hybridized carbons (Fsp3) is 0.286. The molecule has 0 bridgehead atoms. The molecule has 3 N–H and O–H groups in total. The number of pyridine rings is 1. The molecule has 0 aromatic carbocycles. The molecule has 0 aliphatic carbocycles. The van der Waals surface area contributed by atoms with Crippen molar-refractivity contribution < 1.29 is 14.4 Å². The van der Waals surface area contributed by atoms with E-state index in [1.54, 1.807) is 18.5 Å². The number of rotatable bonds is 3. The van der Waals surface area contributed by atoms with E-state index in [4.69, 9.17) is 0 Å². The molecule has 7 nitrogen and oxygen atoms in total.